The molecular weight excluding hydrogens is 643 g/mol. The van der Waals surface area contributed by atoms with Gasteiger partial charge < -0.3 is 0 Å². The van der Waals surface area contributed by atoms with E-state index in [9.17, 15) is 0 Å². The summed E-state index contributed by atoms with van der Waals surface area (Å²) in [5.41, 5.74) is 14.2. The lowest BCUT2D eigenvalue weighted by Crippen LogP contribution is -2.00. The second-order valence-corrected chi connectivity index (χ2v) is 12.9. The van der Waals surface area contributed by atoms with E-state index in [2.05, 4.69) is 128 Å². The molecule has 0 aliphatic heterocycles. The predicted molar refractivity (Wildman–Crippen MR) is 222 cm³/mol. The summed E-state index contributed by atoms with van der Waals surface area (Å²) < 4.78 is 0. The minimum atomic E-state index is 0.628. The Hall–Kier alpha value is -6.97. The van der Waals surface area contributed by atoms with Gasteiger partial charge in [0.25, 0.3) is 0 Å². The maximum atomic E-state index is 5.00. The third kappa shape index (κ3) is 7.28. The first-order chi connectivity index (χ1) is 26.1. The zero-order valence-electron chi connectivity index (χ0n) is 29.5. The summed E-state index contributed by atoms with van der Waals surface area (Å²) in [6, 6.07) is 63.6. The number of allylic oxidation sites excluding steroid dienone is 3. The van der Waals surface area contributed by atoms with Gasteiger partial charge in [0.15, 0.2) is 17.5 Å². The van der Waals surface area contributed by atoms with E-state index in [1.165, 1.54) is 11.1 Å². The first kappa shape index (κ1) is 33.2. The molecule has 0 radical (unpaired) electrons. The van der Waals surface area contributed by atoms with Crippen molar-refractivity contribution in [1.29, 1.82) is 0 Å². The van der Waals surface area contributed by atoms with Crippen LogP contribution in [0.5, 0.6) is 0 Å². The second kappa shape index (κ2) is 15.1. The summed E-state index contributed by atoms with van der Waals surface area (Å²) in [5.74, 6) is 1.91. The Bertz CT molecular complexity index is 2500. The molecule has 0 N–H and O–H groups in total. The van der Waals surface area contributed by atoms with Crippen molar-refractivity contribution in [3.63, 3.8) is 0 Å². The van der Waals surface area contributed by atoms with Crippen molar-refractivity contribution in [2.75, 3.05) is 0 Å². The van der Waals surface area contributed by atoms with Gasteiger partial charge in [0.05, 0.1) is 0 Å². The van der Waals surface area contributed by atoms with Crippen LogP contribution in [0, 0.1) is 0 Å². The Morgan fingerprint density at radius 3 is 1.23 bits per heavy atom. The first-order valence-electron chi connectivity index (χ1n) is 17.8. The number of hydrogen-bond acceptors (Lipinski definition) is 3. The summed E-state index contributed by atoms with van der Waals surface area (Å²) in [7, 11) is 0. The number of benzene rings is 7. The Morgan fingerprint density at radius 1 is 0.358 bits per heavy atom. The molecule has 0 spiro atoms. The smallest absolute Gasteiger partial charge is 0.164 e. The summed E-state index contributed by atoms with van der Waals surface area (Å²) in [6.07, 6.45) is 4.01. The van der Waals surface area contributed by atoms with E-state index < -0.39 is 0 Å². The van der Waals surface area contributed by atoms with Crippen molar-refractivity contribution < 1.29 is 0 Å². The fourth-order valence-corrected chi connectivity index (χ4v) is 6.67. The van der Waals surface area contributed by atoms with Gasteiger partial charge in [-0.25, -0.2) is 15.0 Å². The molecular formula is C50H37N3. The van der Waals surface area contributed by atoms with Crippen molar-refractivity contribution in [3.05, 3.63) is 206 Å². The van der Waals surface area contributed by atoms with Gasteiger partial charge in [-0.05, 0) is 92.9 Å². The van der Waals surface area contributed by atoms with Crippen molar-refractivity contribution in [1.82, 2.24) is 15.0 Å². The topological polar surface area (TPSA) is 38.7 Å². The van der Waals surface area contributed by atoms with Crippen LogP contribution in [0.25, 0.3) is 84.2 Å². The van der Waals surface area contributed by atoms with Crippen LogP contribution in [0.1, 0.15) is 12.5 Å². The number of hydrogen-bond donors (Lipinski definition) is 0. The van der Waals surface area contributed by atoms with E-state index in [0.29, 0.717) is 17.5 Å². The lowest BCUT2D eigenvalue weighted by molar-refractivity contribution is 1.07. The third-order valence-electron chi connectivity index (χ3n) is 9.47. The highest BCUT2D eigenvalue weighted by Gasteiger charge is 2.14. The molecule has 1 heterocycles. The molecule has 8 aromatic rings. The van der Waals surface area contributed by atoms with Gasteiger partial charge >= 0.3 is 0 Å². The predicted octanol–water partition coefficient (Wildman–Crippen LogP) is 13.1. The minimum absolute atomic E-state index is 0.628. The summed E-state index contributed by atoms with van der Waals surface area (Å²) in [5, 5.41) is 0. The highest BCUT2D eigenvalue weighted by atomic mass is 15.0. The molecule has 252 valence electrons. The number of aromatic nitrogens is 3. The number of rotatable bonds is 9. The Morgan fingerprint density at radius 2 is 0.717 bits per heavy atom. The summed E-state index contributed by atoms with van der Waals surface area (Å²) in [4.78, 5) is 14.9. The molecule has 3 nitrogen and oxygen atoms in total. The lowest BCUT2D eigenvalue weighted by atomic mass is 9.91. The summed E-state index contributed by atoms with van der Waals surface area (Å²) in [6.45, 7) is 6.09. The molecule has 0 saturated carbocycles. The fraction of sp³-hybridized carbons (Fsp3) is 0.0200. The Labute approximate surface area is 311 Å². The van der Waals surface area contributed by atoms with Crippen molar-refractivity contribution >= 4 is 5.57 Å². The van der Waals surface area contributed by atoms with E-state index in [-0.39, 0.29) is 0 Å². The average molecular weight is 680 g/mol. The molecule has 1 aromatic heterocycles. The normalized spacial score (nSPS) is 11.3. The van der Waals surface area contributed by atoms with E-state index >= 15 is 0 Å². The van der Waals surface area contributed by atoms with E-state index in [0.717, 1.165) is 61.2 Å². The van der Waals surface area contributed by atoms with Crippen molar-refractivity contribution in [2.45, 2.75) is 6.92 Å². The Balaban J connectivity index is 1.26. The highest BCUT2D eigenvalue weighted by molar-refractivity contribution is 5.85. The van der Waals surface area contributed by atoms with Crippen LogP contribution in [-0.4, -0.2) is 15.0 Å². The van der Waals surface area contributed by atoms with Crippen LogP contribution < -0.4 is 0 Å². The molecule has 3 heteroatoms. The van der Waals surface area contributed by atoms with Crippen molar-refractivity contribution in [2.24, 2.45) is 0 Å². The first-order valence-corrected chi connectivity index (χ1v) is 17.8. The van der Waals surface area contributed by atoms with Gasteiger partial charge in [-0.2, -0.15) is 0 Å². The minimum Gasteiger partial charge on any atom is -0.208 e. The molecule has 53 heavy (non-hydrogen) atoms. The maximum Gasteiger partial charge on any atom is 0.164 e. The maximum absolute atomic E-state index is 5.00. The molecule has 8 rings (SSSR count). The monoisotopic (exact) mass is 679 g/mol. The average Bonchev–Trinajstić information content (AvgIpc) is 3.25. The highest BCUT2D eigenvalue weighted by Crippen LogP contribution is 2.36. The molecule has 0 saturated heterocycles. The fourth-order valence-electron chi connectivity index (χ4n) is 6.67. The third-order valence-corrected chi connectivity index (χ3v) is 9.47. The van der Waals surface area contributed by atoms with Crippen LogP contribution in [0.3, 0.4) is 0 Å². The van der Waals surface area contributed by atoms with Crippen LogP contribution in [0.15, 0.2) is 201 Å². The molecule has 0 aliphatic carbocycles. The van der Waals surface area contributed by atoms with Gasteiger partial charge in [-0.15, -0.1) is 0 Å². The summed E-state index contributed by atoms with van der Waals surface area (Å²) >= 11 is 0. The van der Waals surface area contributed by atoms with Gasteiger partial charge in [0, 0.05) is 16.7 Å². The molecule has 0 aliphatic rings. The molecule has 0 unspecified atom stereocenters. The van der Waals surface area contributed by atoms with Crippen molar-refractivity contribution in [3.8, 4) is 78.7 Å². The zero-order chi connectivity index (χ0) is 36.0. The van der Waals surface area contributed by atoms with Crippen LogP contribution >= 0.6 is 0 Å². The molecule has 0 bridgehead atoms. The molecule has 0 amide bonds. The van der Waals surface area contributed by atoms with Gasteiger partial charge in [0.1, 0.15) is 0 Å². The van der Waals surface area contributed by atoms with E-state index in [1.807, 2.05) is 79.7 Å². The molecule has 0 fully saturated rings. The van der Waals surface area contributed by atoms with Gasteiger partial charge in [-0.3, -0.25) is 0 Å². The SMILES string of the molecule is C=C/C(=C\C)c1cccc(-c2cc(-c3ccc(-c4ccccc4)cc3)cc(-c3cccc(-c4nc(-c5ccccc5)nc(-c5ccccc5)n4)c3)c2)c1. The van der Waals surface area contributed by atoms with Crippen LogP contribution in [-0.2, 0) is 0 Å². The molecule has 0 atom stereocenters. The second-order valence-electron chi connectivity index (χ2n) is 12.9. The van der Waals surface area contributed by atoms with Crippen LogP contribution in [0.4, 0.5) is 0 Å². The lowest BCUT2D eigenvalue weighted by Gasteiger charge is -2.14. The van der Waals surface area contributed by atoms with Gasteiger partial charge in [-0.1, -0.05) is 170 Å². The quantitative estimate of drug-likeness (QED) is 0.143. The van der Waals surface area contributed by atoms with E-state index in [1.54, 1.807) is 0 Å². The largest absolute Gasteiger partial charge is 0.208 e. The van der Waals surface area contributed by atoms with E-state index in [4.69, 9.17) is 15.0 Å². The molecule has 7 aromatic carbocycles. The van der Waals surface area contributed by atoms with Gasteiger partial charge in [0.2, 0.25) is 0 Å². The van der Waals surface area contributed by atoms with Crippen LogP contribution in [0.2, 0.25) is 0 Å². The standard InChI is InChI=1S/C50H37N3/c1-3-35(4-2)41-22-14-23-42(30-41)46-32-45(38-28-26-37(27-29-38)36-16-8-5-9-17-36)33-47(34-46)43-24-15-25-44(31-43)50-52-48(39-18-10-6-11-19-39)51-49(53-50)40-20-12-7-13-21-40/h3-34H,1H2,2H3/b35-4+. The number of nitrogens with zero attached hydrogens (tertiary/aromatic N) is 3. The zero-order valence-corrected chi connectivity index (χ0v) is 29.5. The Kier molecular flexibility index (Phi) is 9.46.